The maximum absolute atomic E-state index is 13.8. The topological polar surface area (TPSA) is 95.9 Å². The molecule has 7 nitrogen and oxygen atoms in total. The summed E-state index contributed by atoms with van der Waals surface area (Å²) in [5, 5.41) is 4.42. The van der Waals surface area contributed by atoms with Crippen LogP contribution in [0.25, 0.3) is 0 Å². The molecule has 1 atom stereocenters. The Balaban J connectivity index is 1.79. The lowest BCUT2D eigenvalue weighted by molar-refractivity contribution is 0.371. The quantitative estimate of drug-likeness (QED) is 0.568. The van der Waals surface area contributed by atoms with Gasteiger partial charge in [0.05, 0.1) is 22.9 Å². The second-order valence-electron chi connectivity index (χ2n) is 7.87. The molecule has 33 heavy (non-hydrogen) atoms. The van der Waals surface area contributed by atoms with Crippen molar-refractivity contribution in [2.45, 2.75) is 24.3 Å². The van der Waals surface area contributed by atoms with Crippen molar-refractivity contribution in [2.24, 2.45) is 5.10 Å². The highest BCUT2D eigenvalue weighted by atomic mass is 32.2. The number of nitrogens with one attached hydrogen (secondary N) is 1. The van der Waals surface area contributed by atoms with Gasteiger partial charge in [0.2, 0.25) is 10.0 Å². The highest BCUT2D eigenvalue weighted by Crippen LogP contribution is 2.37. The zero-order chi connectivity index (χ0) is 23.8. The molecule has 0 aromatic heterocycles. The van der Waals surface area contributed by atoms with Gasteiger partial charge in [-0.3, -0.25) is 4.72 Å². The third-order valence-electron chi connectivity index (χ3n) is 5.17. The number of hydrogen-bond acceptors (Lipinski definition) is 5. The second-order valence-corrected chi connectivity index (χ2v) is 11.4. The predicted octanol–water partition coefficient (Wildman–Crippen LogP) is 4.05. The Hall–Kier alpha value is -3.24. The Labute approximate surface area is 192 Å². The summed E-state index contributed by atoms with van der Waals surface area (Å²) in [6.07, 6.45) is 1.31. The molecule has 10 heteroatoms. The number of sulfonamides is 2. The van der Waals surface area contributed by atoms with Gasteiger partial charge >= 0.3 is 0 Å². The minimum absolute atomic E-state index is 0.197. The van der Waals surface area contributed by atoms with Gasteiger partial charge in [0.25, 0.3) is 10.0 Å². The first-order valence-corrected chi connectivity index (χ1v) is 13.4. The van der Waals surface area contributed by atoms with Crippen molar-refractivity contribution in [2.75, 3.05) is 11.0 Å². The molecule has 1 heterocycles. The first-order chi connectivity index (χ1) is 15.5. The minimum atomic E-state index is -4.15. The van der Waals surface area contributed by atoms with Gasteiger partial charge in [-0.05, 0) is 48.4 Å². The molecule has 3 aromatic carbocycles. The van der Waals surface area contributed by atoms with Crippen LogP contribution in [0.1, 0.15) is 29.2 Å². The Kier molecular flexibility index (Phi) is 5.98. The molecule has 0 fully saturated rings. The summed E-state index contributed by atoms with van der Waals surface area (Å²) in [4.78, 5) is -0.197. The molecule has 0 bridgehead atoms. The van der Waals surface area contributed by atoms with Gasteiger partial charge in [-0.2, -0.15) is 17.9 Å². The van der Waals surface area contributed by atoms with Crippen molar-refractivity contribution >= 4 is 31.4 Å². The number of benzene rings is 3. The number of halogens is 1. The summed E-state index contributed by atoms with van der Waals surface area (Å²) in [7, 11) is -7.64. The molecular formula is C23H22FN3O4S2. The highest BCUT2D eigenvalue weighted by Gasteiger charge is 2.38. The van der Waals surface area contributed by atoms with Crippen LogP contribution in [-0.4, -0.2) is 33.2 Å². The molecule has 3 aromatic rings. The monoisotopic (exact) mass is 487 g/mol. The molecule has 0 aliphatic carbocycles. The first-order valence-electron chi connectivity index (χ1n) is 10.1. The Bertz CT molecular complexity index is 1440. The normalized spacial score (nSPS) is 16.5. The van der Waals surface area contributed by atoms with Crippen LogP contribution in [-0.2, 0) is 20.0 Å². The van der Waals surface area contributed by atoms with Crippen LogP contribution < -0.4 is 4.72 Å². The van der Waals surface area contributed by atoms with E-state index in [1.54, 1.807) is 24.3 Å². The summed E-state index contributed by atoms with van der Waals surface area (Å²) in [5.74, 6) is -0.661. The zero-order valence-corrected chi connectivity index (χ0v) is 19.6. The van der Waals surface area contributed by atoms with Gasteiger partial charge in [0.15, 0.2) is 0 Å². The highest BCUT2D eigenvalue weighted by molar-refractivity contribution is 7.92. The molecule has 1 aliphatic heterocycles. The minimum Gasteiger partial charge on any atom is -0.284 e. The van der Waals surface area contributed by atoms with E-state index in [9.17, 15) is 21.2 Å². The van der Waals surface area contributed by atoms with Crippen molar-refractivity contribution in [1.82, 2.24) is 4.41 Å². The van der Waals surface area contributed by atoms with Crippen molar-refractivity contribution < 1.29 is 21.2 Å². The fraction of sp³-hybridized carbons (Fsp3) is 0.174. The molecule has 4 rings (SSSR count). The fourth-order valence-corrected chi connectivity index (χ4v) is 5.65. The van der Waals surface area contributed by atoms with E-state index in [0.717, 1.165) is 27.9 Å². The fourth-order valence-electron chi connectivity index (χ4n) is 3.63. The molecule has 1 N–H and O–H groups in total. The average molecular weight is 488 g/mol. The summed E-state index contributed by atoms with van der Waals surface area (Å²) in [6.45, 7) is 1.93. The molecular weight excluding hydrogens is 465 g/mol. The van der Waals surface area contributed by atoms with Crippen LogP contribution in [0.2, 0.25) is 0 Å². The third kappa shape index (κ3) is 5.07. The largest absolute Gasteiger partial charge is 0.284 e. The number of aryl methyl sites for hydroxylation is 1. The number of nitrogens with zero attached hydrogens (tertiary/aromatic N) is 2. The molecule has 1 aliphatic rings. The van der Waals surface area contributed by atoms with Gasteiger partial charge in [-0.25, -0.2) is 12.8 Å². The molecule has 0 unspecified atom stereocenters. The van der Waals surface area contributed by atoms with Gasteiger partial charge < -0.3 is 0 Å². The van der Waals surface area contributed by atoms with Crippen LogP contribution in [0.3, 0.4) is 0 Å². The van der Waals surface area contributed by atoms with E-state index < -0.39 is 31.9 Å². The third-order valence-corrected chi connectivity index (χ3v) is 7.46. The molecule has 0 spiro atoms. The predicted molar refractivity (Wildman–Crippen MR) is 125 cm³/mol. The first kappa shape index (κ1) is 22.9. The standard InChI is InChI=1S/C23H22FN3O4S2/c1-16-9-11-17(12-10-16)23-15-22(18-5-3-7-20(13-18)26-32(2,28)29)25-27(23)33(30,31)21-8-4-6-19(24)14-21/h3-14,23,26H,15H2,1-2H3/t23-/m0/s1. The summed E-state index contributed by atoms with van der Waals surface area (Å²) >= 11 is 0. The van der Waals surface area contributed by atoms with Gasteiger partial charge in [-0.1, -0.05) is 48.0 Å². The van der Waals surface area contributed by atoms with Crippen LogP contribution in [0.4, 0.5) is 10.1 Å². The summed E-state index contributed by atoms with van der Waals surface area (Å²) < 4.78 is 67.3. The van der Waals surface area contributed by atoms with Gasteiger partial charge in [-0.15, -0.1) is 0 Å². The van der Waals surface area contributed by atoms with Crippen molar-refractivity contribution in [3.8, 4) is 0 Å². The maximum Gasteiger partial charge on any atom is 0.279 e. The molecule has 0 radical (unpaired) electrons. The van der Waals surface area contributed by atoms with Crippen LogP contribution in [0.15, 0.2) is 82.8 Å². The van der Waals surface area contributed by atoms with Crippen LogP contribution in [0.5, 0.6) is 0 Å². The molecule has 172 valence electrons. The number of rotatable bonds is 6. The Morgan fingerprint density at radius 3 is 2.33 bits per heavy atom. The number of hydrazone groups is 1. The molecule has 0 amide bonds. The average Bonchev–Trinajstić information content (AvgIpc) is 3.20. The smallest absolute Gasteiger partial charge is 0.279 e. The van der Waals surface area contributed by atoms with Crippen LogP contribution in [0, 0.1) is 12.7 Å². The lowest BCUT2D eigenvalue weighted by atomic mass is 9.98. The summed E-state index contributed by atoms with van der Waals surface area (Å²) in [6, 6.07) is 18.2. The van der Waals surface area contributed by atoms with Crippen molar-refractivity contribution in [1.29, 1.82) is 0 Å². The Morgan fingerprint density at radius 1 is 0.970 bits per heavy atom. The second kappa shape index (κ2) is 8.60. The lowest BCUT2D eigenvalue weighted by Crippen LogP contribution is -2.27. The van der Waals surface area contributed by atoms with Crippen molar-refractivity contribution in [3.05, 3.63) is 95.3 Å². The van der Waals surface area contributed by atoms with E-state index in [2.05, 4.69) is 9.82 Å². The lowest BCUT2D eigenvalue weighted by Gasteiger charge is -2.23. The van der Waals surface area contributed by atoms with E-state index in [-0.39, 0.29) is 11.3 Å². The SMILES string of the molecule is Cc1ccc([C@@H]2CC(c3cccc(NS(C)(=O)=O)c3)=NN2S(=O)(=O)c2cccc(F)c2)cc1. The van der Waals surface area contributed by atoms with Crippen molar-refractivity contribution in [3.63, 3.8) is 0 Å². The molecule has 0 saturated carbocycles. The number of anilines is 1. The van der Waals surface area contributed by atoms with E-state index in [1.807, 2.05) is 31.2 Å². The van der Waals surface area contributed by atoms with E-state index in [4.69, 9.17) is 0 Å². The van der Waals surface area contributed by atoms with Gasteiger partial charge in [0, 0.05) is 12.1 Å². The number of hydrogen-bond donors (Lipinski definition) is 1. The summed E-state index contributed by atoms with van der Waals surface area (Å²) in [5.41, 5.74) is 3.16. The van der Waals surface area contributed by atoms with Gasteiger partial charge in [0.1, 0.15) is 5.82 Å². The van der Waals surface area contributed by atoms with E-state index >= 15 is 0 Å². The molecule has 0 saturated heterocycles. The Morgan fingerprint density at radius 2 is 1.67 bits per heavy atom. The van der Waals surface area contributed by atoms with Crippen LogP contribution >= 0.6 is 0 Å². The maximum atomic E-state index is 13.8. The van der Waals surface area contributed by atoms with E-state index in [0.29, 0.717) is 17.0 Å². The zero-order valence-electron chi connectivity index (χ0n) is 17.9. The van der Waals surface area contributed by atoms with E-state index in [1.165, 1.54) is 18.2 Å².